The summed E-state index contributed by atoms with van der Waals surface area (Å²) in [6.45, 7) is 0.196. The van der Waals surface area contributed by atoms with Gasteiger partial charge in [-0.2, -0.15) is 0 Å². The van der Waals surface area contributed by atoms with Crippen LogP contribution in [0.3, 0.4) is 0 Å². The van der Waals surface area contributed by atoms with Gasteiger partial charge in [-0.15, -0.1) is 0 Å². The molecule has 0 saturated heterocycles. The molecule has 4 N–H and O–H groups in total. The Labute approximate surface area is 171 Å². The number of amides is 2. The number of aliphatic hydroxyl groups is 2. The van der Waals surface area contributed by atoms with Crippen molar-refractivity contribution in [2.24, 2.45) is 0 Å². The average Bonchev–Trinajstić information content (AvgIpc) is 3.13. The molecule has 1 fully saturated rings. The number of aliphatic hydroxyl groups excluding tert-OH is 2. The lowest BCUT2D eigenvalue weighted by atomic mass is 10.1. The maximum Gasteiger partial charge on any atom is 0.279 e. The van der Waals surface area contributed by atoms with Gasteiger partial charge in [-0.1, -0.05) is 12.8 Å². The monoisotopic (exact) mass is 416 g/mol. The van der Waals surface area contributed by atoms with Gasteiger partial charge in [-0.05, 0) is 69.9 Å². The molecular formula is C21H34F2N2O4. The summed E-state index contributed by atoms with van der Waals surface area (Å²) in [4.78, 5) is 24.0. The molecule has 166 valence electrons. The van der Waals surface area contributed by atoms with Gasteiger partial charge in [0.05, 0.1) is 0 Å². The van der Waals surface area contributed by atoms with Crippen molar-refractivity contribution in [1.82, 2.24) is 10.6 Å². The fourth-order valence-corrected chi connectivity index (χ4v) is 3.29. The van der Waals surface area contributed by atoms with E-state index in [1.807, 2.05) is 0 Å². The molecule has 1 saturated carbocycles. The Balaban J connectivity index is 2.43. The zero-order valence-electron chi connectivity index (χ0n) is 17.0. The lowest BCUT2D eigenvalue weighted by Gasteiger charge is -2.21. The highest BCUT2D eigenvalue weighted by Crippen LogP contribution is 2.20. The molecule has 2 atom stereocenters. The first-order valence-electron chi connectivity index (χ1n) is 10.5. The molecule has 0 bridgehead atoms. The third-order valence-corrected chi connectivity index (χ3v) is 4.95. The molecule has 0 unspecified atom stereocenters. The number of carbonyl (C=O) groups is 2. The van der Waals surface area contributed by atoms with Crippen LogP contribution in [-0.2, 0) is 9.59 Å². The molecule has 6 nitrogen and oxygen atoms in total. The van der Waals surface area contributed by atoms with Gasteiger partial charge < -0.3 is 20.8 Å². The van der Waals surface area contributed by atoms with Crippen LogP contribution in [0.15, 0.2) is 23.8 Å². The number of halogens is 2. The number of carbonyl (C=O) groups excluding carboxylic acids is 2. The number of hydrogen-bond donors (Lipinski definition) is 4. The Bertz CT molecular complexity index is 519. The number of allylic oxidation sites excluding steroid dienone is 2. The summed E-state index contributed by atoms with van der Waals surface area (Å²) >= 11 is 0. The van der Waals surface area contributed by atoms with Crippen molar-refractivity contribution >= 4 is 11.8 Å². The standard InChI is InChI=1S/C21H34F2N2O4/c22-16(10-5-1-3-7-14-26)20(28)24-18-12-9-13-19(18)25-21(29)17(23)11-6-2-4-8-15-27/h10-11,18-19,26-27H,1-9,12-15H2,(H,24,28)(H,25,29)/t18-,19+. The second-order valence-electron chi connectivity index (χ2n) is 7.34. The van der Waals surface area contributed by atoms with Crippen LogP contribution >= 0.6 is 0 Å². The zero-order chi connectivity index (χ0) is 21.5. The van der Waals surface area contributed by atoms with Crippen molar-refractivity contribution in [3.05, 3.63) is 23.8 Å². The van der Waals surface area contributed by atoms with Gasteiger partial charge in [-0.25, -0.2) is 8.78 Å². The third-order valence-electron chi connectivity index (χ3n) is 4.95. The van der Waals surface area contributed by atoms with Gasteiger partial charge in [0.25, 0.3) is 11.8 Å². The Morgan fingerprint density at radius 1 is 0.759 bits per heavy atom. The van der Waals surface area contributed by atoms with E-state index in [2.05, 4.69) is 10.6 Å². The number of unbranched alkanes of at least 4 members (excludes halogenated alkanes) is 6. The first-order valence-corrected chi connectivity index (χ1v) is 10.5. The van der Waals surface area contributed by atoms with E-state index >= 15 is 0 Å². The summed E-state index contributed by atoms with van der Waals surface area (Å²) in [7, 11) is 0. The van der Waals surface area contributed by atoms with E-state index in [4.69, 9.17) is 10.2 Å². The maximum atomic E-state index is 13.9. The Kier molecular flexibility index (Phi) is 13.1. The van der Waals surface area contributed by atoms with E-state index in [1.54, 1.807) is 0 Å². The minimum absolute atomic E-state index is 0.0982. The van der Waals surface area contributed by atoms with Gasteiger partial charge in [0.1, 0.15) is 0 Å². The number of rotatable bonds is 14. The van der Waals surface area contributed by atoms with Crippen molar-refractivity contribution in [1.29, 1.82) is 0 Å². The van der Waals surface area contributed by atoms with E-state index in [0.717, 1.165) is 19.3 Å². The molecule has 0 spiro atoms. The minimum atomic E-state index is -0.861. The van der Waals surface area contributed by atoms with Crippen molar-refractivity contribution in [2.45, 2.75) is 82.7 Å². The van der Waals surface area contributed by atoms with Gasteiger partial charge in [-0.3, -0.25) is 9.59 Å². The average molecular weight is 417 g/mol. The van der Waals surface area contributed by atoms with Crippen LogP contribution in [0.1, 0.15) is 70.6 Å². The molecule has 1 aliphatic rings. The molecule has 0 aromatic rings. The summed E-state index contributed by atoms with van der Waals surface area (Å²) in [6, 6.07) is -0.866. The summed E-state index contributed by atoms with van der Waals surface area (Å²) in [5, 5.41) is 22.6. The second kappa shape index (κ2) is 15.1. The SMILES string of the molecule is O=C(N[C@H]1CCC[C@H]1NC(=O)C(F)=CCCCCCO)C(F)=CCCCCCO. The van der Waals surface area contributed by atoms with E-state index in [9.17, 15) is 18.4 Å². The smallest absolute Gasteiger partial charge is 0.279 e. The highest BCUT2D eigenvalue weighted by atomic mass is 19.1. The Morgan fingerprint density at radius 3 is 1.55 bits per heavy atom. The second-order valence-corrected chi connectivity index (χ2v) is 7.34. The molecule has 29 heavy (non-hydrogen) atoms. The van der Waals surface area contributed by atoms with E-state index in [1.165, 1.54) is 12.2 Å². The van der Waals surface area contributed by atoms with Crippen LogP contribution in [-0.4, -0.2) is 47.3 Å². The molecular weight excluding hydrogens is 382 g/mol. The predicted molar refractivity (Wildman–Crippen MR) is 107 cm³/mol. The van der Waals surface area contributed by atoms with Crippen LogP contribution in [0.5, 0.6) is 0 Å². The summed E-state index contributed by atoms with van der Waals surface area (Å²) in [5.41, 5.74) is 0. The fraction of sp³-hybridized carbons (Fsp3) is 0.714. The highest BCUT2D eigenvalue weighted by molar-refractivity contribution is 5.92. The normalized spacial score (nSPS) is 20.0. The molecule has 2 amide bonds. The Hall–Kier alpha value is -1.80. The van der Waals surface area contributed by atoms with Gasteiger partial charge in [0.2, 0.25) is 0 Å². The quantitative estimate of drug-likeness (QED) is 0.258. The van der Waals surface area contributed by atoms with Gasteiger partial charge in [0.15, 0.2) is 11.7 Å². The van der Waals surface area contributed by atoms with E-state index < -0.39 is 35.6 Å². The highest BCUT2D eigenvalue weighted by Gasteiger charge is 2.31. The molecule has 0 aromatic carbocycles. The lowest BCUT2D eigenvalue weighted by molar-refractivity contribution is -0.122. The van der Waals surface area contributed by atoms with Crippen LogP contribution in [0.2, 0.25) is 0 Å². The van der Waals surface area contributed by atoms with Gasteiger partial charge in [0, 0.05) is 25.3 Å². The molecule has 8 heteroatoms. The molecule has 1 rings (SSSR count). The third kappa shape index (κ3) is 10.5. The molecule has 0 aromatic heterocycles. The Morgan fingerprint density at radius 2 is 1.17 bits per heavy atom. The van der Waals surface area contributed by atoms with Crippen molar-refractivity contribution in [3.63, 3.8) is 0 Å². The minimum Gasteiger partial charge on any atom is -0.396 e. The first-order chi connectivity index (χ1) is 14.0. The molecule has 0 heterocycles. The van der Waals surface area contributed by atoms with Crippen LogP contribution in [0.4, 0.5) is 8.78 Å². The lowest BCUT2D eigenvalue weighted by Crippen LogP contribution is -2.48. The van der Waals surface area contributed by atoms with Crippen LogP contribution < -0.4 is 10.6 Å². The van der Waals surface area contributed by atoms with Crippen LogP contribution in [0, 0.1) is 0 Å². The maximum absolute atomic E-state index is 13.9. The largest absolute Gasteiger partial charge is 0.396 e. The van der Waals surface area contributed by atoms with Crippen molar-refractivity contribution in [2.75, 3.05) is 13.2 Å². The summed E-state index contributed by atoms with van der Waals surface area (Å²) in [6.07, 6.45) is 9.42. The zero-order valence-corrected chi connectivity index (χ0v) is 17.0. The number of hydrogen-bond acceptors (Lipinski definition) is 4. The van der Waals surface area contributed by atoms with Crippen molar-refractivity contribution in [3.8, 4) is 0 Å². The summed E-state index contributed by atoms with van der Waals surface area (Å²) < 4.78 is 27.9. The fourth-order valence-electron chi connectivity index (χ4n) is 3.29. The van der Waals surface area contributed by atoms with E-state index in [-0.39, 0.29) is 13.2 Å². The van der Waals surface area contributed by atoms with Crippen molar-refractivity contribution < 1.29 is 28.6 Å². The van der Waals surface area contributed by atoms with Gasteiger partial charge >= 0.3 is 0 Å². The molecule has 0 aliphatic heterocycles. The van der Waals surface area contributed by atoms with Crippen LogP contribution in [0.25, 0.3) is 0 Å². The molecule has 0 radical (unpaired) electrons. The summed E-state index contributed by atoms with van der Waals surface area (Å²) in [5.74, 6) is -3.36. The van der Waals surface area contributed by atoms with E-state index in [0.29, 0.717) is 51.4 Å². The molecule has 1 aliphatic carbocycles. The topological polar surface area (TPSA) is 98.7 Å². The first kappa shape index (κ1) is 25.2. The number of nitrogens with one attached hydrogen (secondary N) is 2. The predicted octanol–water partition coefficient (Wildman–Crippen LogP) is 2.95.